The van der Waals surface area contributed by atoms with Crippen molar-refractivity contribution < 1.29 is 13.2 Å². The summed E-state index contributed by atoms with van der Waals surface area (Å²) >= 11 is 0. The highest BCUT2D eigenvalue weighted by Gasteiger charge is 2.28. The van der Waals surface area contributed by atoms with Gasteiger partial charge in [0.2, 0.25) is 21.9 Å². The normalized spacial score (nSPS) is 16.5. The third-order valence-electron chi connectivity index (χ3n) is 2.81. The number of nitrogens with zero attached hydrogens (tertiary/aromatic N) is 2. The van der Waals surface area contributed by atoms with Gasteiger partial charge in [-0.1, -0.05) is 0 Å². The lowest BCUT2D eigenvalue weighted by Crippen LogP contribution is -2.45. The maximum Gasteiger partial charge on any atom is 0.244 e. The summed E-state index contributed by atoms with van der Waals surface area (Å²) < 4.78 is 26.4. The van der Waals surface area contributed by atoms with Crippen LogP contribution in [0.25, 0.3) is 0 Å². The summed E-state index contributed by atoms with van der Waals surface area (Å²) in [5.41, 5.74) is 0. The first-order chi connectivity index (χ1) is 9.42. The highest BCUT2D eigenvalue weighted by Crippen LogP contribution is 2.18. The standard InChI is InChI=1S/C11H17N5O3S/c1-7(10(17)15-8-3-4-8)16-20(18,19)9-5-13-11(12-2)14-6-9/h5-8,16H,3-4H2,1-2H3,(H,15,17)(H,12,13,14). The first kappa shape index (κ1) is 14.7. The number of aromatic nitrogens is 2. The van der Waals surface area contributed by atoms with Crippen molar-refractivity contribution in [3.8, 4) is 0 Å². The average molecular weight is 299 g/mol. The molecule has 1 aromatic heterocycles. The summed E-state index contributed by atoms with van der Waals surface area (Å²) in [6.45, 7) is 1.50. The van der Waals surface area contributed by atoms with Crippen LogP contribution in [0.15, 0.2) is 17.3 Å². The van der Waals surface area contributed by atoms with Crippen molar-refractivity contribution >= 4 is 21.9 Å². The average Bonchev–Trinajstić information content (AvgIpc) is 3.22. The van der Waals surface area contributed by atoms with Gasteiger partial charge in [0.1, 0.15) is 4.90 Å². The molecule has 1 amide bonds. The molecule has 1 aliphatic rings. The predicted octanol–water partition coefficient (Wildman–Crippen LogP) is -0.536. The van der Waals surface area contributed by atoms with Crippen LogP contribution < -0.4 is 15.4 Å². The molecule has 110 valence electrons. The fourth-order valence-corrected chi connectivity index (χ4v) is 2.58. The summed E-state index contributed by atoms with van der Waals surface area (Å²) in [7, 11) is -2.18. The minimum atomic E-state index is -3.81. The van der Waals surface area contributed by atoms with Crippen LogP contribution in [-0.4, -0.2) is 43.4 Å². The fourth-order valence-electron chi connectivity index (χ4n) is 1.49. The van der Waals surface area contributed by atoms with Gasteiger partial charge in [-0.05, 0) is 19.8 Å². The molecule has 0 spiro atoms. The van der Waals surface area contributed by atoms with E-state index in [1.165, 1.54) is 19.3 Å². The summed E-state index contributed by atoms with van der Waals surface area (Å²) in [5, 5.41) is 5.43. The molecule has 1 heterocycles. The van der Waals surface area contributed by atoms with Crippen molar-refractivity contribution in [2.45, 2.75) is 36.7 Å². The van der Waals surface area contributed by atoms with Crippen molar-refractivity contribution in [1.82, 2.24) is 20.0 Å². The molecule has 8 nitrogen and oxygen atoms in total. The maximum absolute atomic E-state index is 12.1. The van der Waals surface area contributed by atoms with Crippen LogP contribution in [0, 0.1) is 0 Å². The monoisotopic (exact) mass is 299 g/mol. The maximum atomic E-state index is 12.1. The molecular formula is C11H17N5O3S. The highest BCUT2D eigenvalue weighted by molar-refractivity contribution is 7.89. The molecule has 0 saturated heterocycles. The topological polar surface area (TPSA) is 113 Å². The third kappa shape index (κ3) is 3.64. The quantitative estimate of drug-likeness (QED) is 0.650. The Bertz CT molecular complexity index is 583. The number of carbonyl (C=O) groups is 1. The van der Waals surface area contributed by atoms with Crippen molar-refractivity contribution in [2.24, 2.45) is 0 Å². The molecule has 1 aliphatic carbocycles. The largest absolute Gasteiger partial charge is 0.357 e. The van der Waals surface area contributed by atoms with Gasteiger partial charge in [0.15, 0.2) is 0 Å². The molecule has 2 rings (SSSR count). The molecule has 1 aromatic rings. The molecule has 1 atom stereocenters. The molecular weight excluding hydrogens is 282 g/mol. The van der Waals surface area contributed by atoms with Gasteiger partial charge in [-0.25, -0.2) is 18.4 Å². The number of sulfonamides is 1. The summed E-state index contributed by atoms with van der Waals surface area (Å²) in [4.78, 5) is 19.3. The van der Waals surface area contributed by atoms with Gasteiger partial charge in [-0.2, -0.15) is 4.72 Å². The van der Waals surface area contributed by atoms with E-state index in [1.54, 1.807) is 7.05 Å². The Morgan fingerprint density at radius 2 is 1.95 bits per heavy atom. The first-order valence-corrected chi connectivity index (χ1v) is 7.73. The molecule has 20 heavy (non-hydrogen) atoms. The van der Waals surface area contributed by atoms with Gasteiger partial charge in [-0.15, -0.1) is 0 Å². The minimum absolute atomic E-state index is 0.0810. The summed E-state index contributed by atoms with van der Waals surface area (Å²) in [6.07, 6.45) is 4.27. The van der Waals surface area contributed by atoms with Crippen molar-refractivity contribution in [1.29, 1.82) is 0 Å². The van der Waals surface area contributed by atoms with Crippen molar-refractivity contribution in [3.05, 3.63) is 12.4 Å². The molecule has 1 saturated carbocycles. The lowest BCUT2D eigenvalue weighted by Gasteiger charge is -2.13. The van der Waals surface area contributed by atoms with Crippen LogP contribution in [-0.2, 0) is 14.8 Å². The zero-order valence-electron chi connectivity index (χ0n) is 11.3. The predicted molar refractivity (Wildman–Crippen MR) is 72.5 cm³/mol. The number of carbonyl (C=O) groups excluding carboxylic acids is 1. The van der Waals surface area contributed by atoms with E-state index in [2.05, 4.69) is 25.3 Å². The van der Waals surface area contributed by atoms with Gasteiger partial charge in [0.05, 0.1) is 18.4 Å². The van der Waals surface area contributed by atoms with Crippen molar-refractivity contribution in [2.75, 3.05) is 12.4 Å². The Morgan fingerprint density at radius 1 is 1.35 bits per heavy atom. The van der Waals surface area contributed by atoms with Crippen LogP contribution in [0.1, 0.15) is 19.8 Å². The molecule has 9 heteroatoms. The van der Waals surface area contributed by atoms with E-state index in [1.807, 2.05) is 0 Å². The Balaban J connectivity index is 2.03. The number of rotatable bonds is 6. The number of hydrogen-bond acceptors (Lipinski definition) is 6. The smallest absolute Gasteiger partial charge is 0.244 e. The lowest BCUT2D eigenvalue weighted by atomic mass is 10.3. The summed E-state index contributed by atoms with van der Waals surface area (Å²) in [6, 6.07) is -0.655. The van der Waals surface area contributed by atoms with Gasteiger partial charge in [0, 0.05) is 13.1 Å². The molecule has 0 aliphatic heterocycles. The van der Waals surface area contributed by atoms with Gasteiger partial charge >= 0.3 is 0 Å². The first-order valence-electron chi connectivity index (χ1n) is 6.25. The van der Waals surface area contributed by atoms with E-state index in [-0.39, 0.29) is 16.8 Å². The summed E-state index contributed by atoms with van der Waals surface area (Å²) in [5.74, 6) is -0.00712. The molecule has 0 bridgehead atoms. The molecule has 3 N–H and O–H groups in total. The minimum Gasteiger partial charge on any atom is -0.357 e. The number of anilines is 1. The number of amides is 1. The molecule has 1 unspecified atom stereocenters. The Labute approximate surface area is 117 Å². The third-order valence-corrected chi connectivity index (χ3v) is 4.31. The van der Waals surface area contributed by atoms with Gasteiger partial charge < -0.3 is 10.6 Å². The molecule has 0 radical (unpaired) electrons. The van der Waals surface area contributed by atoms with Crippen LogP contribution in [0.4, 0.5) is 5.95 Å². The Morgan fingerprint density at radius 3 is 2.45 bits per heavy atom. The van der Waals surface area contributed by atoms with Crippen LogP contribution >= 0.6 is 0 Å². The van der Waals surface area contributed by atoms with E-state index in [4.69, 9.17) is 0 Å². The highest BCUT2D eigenvalue weighted by atomic mass is 32.2. The molecule has 1 fully saturated rings. The van der Waals surface area contributed by atoms with E-state index in [0.717, 1.165) is 12.8 Å². The van der Waals surface area contributed by atoms with Gasteiger partial charge in [-0.3, -0.25) is 4.79 Å². The lowest BCUT2D eigenvalue weighted by molar-refractivity contribution is -0.122. The molecule has 0 aromatic carbocycles. The second-order valence-electron chi connectivity index (χ2n) is 4.62. The van der Waals surface area contributed by atoms with E-state index in [0.29, 0.717) is 5.95 Å². The van der Waals surface area contributed by atoms with Crippen LogP contribution in [0.2, 0.25) is 0 Å². The van der Waals surface area contributed by atoms with Crippen LogP contribution in [0.3, 0.4) is 0 Å². The van der Waals surface area contributed by atoms with E-state index < -0.39 is 16.1 Å². The second-order valence-corrected chi connectivity index (χ2v) is 6.33. The number of nitrogens with one attached hydrogen (secondary N) is 3. The van der Waals surface area contributed by atoms with E-state index >= 15 is 0 Å². The Kier molecular flexibility index (Phi) is 4.19. The van der Waals surface area contributed by atoms with E-state index in [9.17, 15) is 13.2 Å². The van der Waals surface area contributed by atoms with Crippen molar-refractivity contribution in [3.63, 3.8) is 0 Å². The van der Waals surface area contributed by atoms with Gasteiger partial charge in [0.25, 0.3) is 0 Å². The fraction of sp³-hybridized carbons (Fsp3) is 0.545. The SMILES string of the molecule is CNc1ncc(S(=O)(=O)NC(C)C(=O)NC2CC2)cn1. The zero-order valence-corrected chi connectivity index (χ0v) is 12.1. The Hall–Kier alpha value is -1.74. The van der Waals surface area contributed by atoms with Crippen LogP contribution in [0.5, 0.6) is 0 Å². The second kappa shape index (κ2) is 5.71. The zero-order chi connectivity index (χ0) is 14.8. The number of hydrogen-bond donors (Lipinski definition) is 3.